The van der Waals surface area contributed by atoms with Crippen LogP contribution in [0.3, 0.4) is 0 Å². The number of fused-ring (bicyclic) bond motifs is 1. The first-order valence-electron chi connectivity index (χ1n) is 5.71. The van der Waals surface area contributed by atoms with E-state index in [1.807, 2.05) is 0 Å². The predicted octanol–water partition coefficient (Wildman–Crippen LogP) is 0.397. The van der Waals surface area contributed by atoms with E-state index in [1.54, 1.807) is 0 Å². The molecule has 9 nitrogen and oxygen atoms in total. The molecule has 0 fully saturated rings. The fourth-order valence-electron chi connectivity index (χ4n) is 1.96. The van der Waals surface area contributed by atoms with Crippen LogP contribution in [-0.2, 0) is 9.59 Å². The topological polar surface area (TPSA) is 158 Å². The summed E-state index contributed by atoms with van der Waals surface area (Å²) in [5, 5.41) is 35.9. The summed E-state index contributed by atoms with van der Waals surface area (Å²) in [4.78, 5) is 44.2. The fourth-order valence-corrected chi connectivity index (χ4v) is 1.96. The summed E-state index contributed by atoms with van der Waals surface area (Å²) in [7, 11) is 0. The highest BCUT2D eigenvalue weighted by molar-refractivity contribution is 6.05. The first kappa shape index (κ1) is 15.0. The van der Waals surface area contributed by atoms with Gasteiger partial charge in [0.15, 0.2) is 0 Å². The van der Waals surface area contributed by atoms with Crippen molar-refractivity contribution in [3.05, 3.63) is 34.4 Å². The number of hydrogen-bond acceptors (Lipinski definition) is 5. The summed E-state index contributed by atoms with van der Waals surface area (Å²) in [6.45, 7) is 0. The third-order valence-electron chi connectivity index (χ3n) is 2.92. The van der Waals surface area contributed by atoms with Crippen LogP contribution >= 0.6 is 0 Å². The second kappa shape index (κ2) is 5.20. The zero-order chi connectivity index (χ0) is 16.6. The lowest BCUT2D eigenvalue weighted by atomic mass is 9.97. The van der Waals surface area contributed by atoms with Crippen LogP contribution in [0.4, 0.5) is 0 Å². The van der Waals surface area contributed by atoms with Gasteiger partial charge in [0.25, 0.3) is 0 Å². The van der Waals surface area contributed by atoms with Crippen molar-refractivity contribution in [3.8, 4) is 5.75 Å². The van der Waals surface area contributed by atoms with Gasteiger partial charge in [-0.25, -0.2) is 19.2 Å². The van der Waals surface area contributed by atoms with E-state index >= 15 is 0 Å². The van der Waals surface area contributed by atoms with Crippen LogP contribution in [0.25, 0.3) is 6.08 Å². The van der Waals surface area contributed by atoms with Gasteiger partial charge in [0.2, 0.25) is 6.10 Å². The molecule has 0 saturated heterocycles. The summed E-state index contributed by atoms with van der Waals surface area (Å²) in [6, 6.07) is 1.77. The van der Waals surface area contributed by atoms with Crippen molar-refractivity contribution in [2.75, 3.05) is 0 Å². The molecule has 9 heteroatoms. The molecule has 2 rings (SSSR count). The smallest absolute Gasteiger partial charge is 0.349 e. The van der Waals surface area contributed by atoms with E-state index in [0.717, 1.165) is 18.2 Å². The molecule has 4 N–H and O–H groups in total. The third kappa shape index (κ3) is 2.46. The van der Waals surface area contributed by atoms with Crippen LogP contribution in [0.5, 0.6) is 5.75 Å². The van der Waals surface area contributed by atoms with Crippen LogP contribution in [-0.4, -0.2) is 50.4 Å². The Balaban J connectivity index is 2.68. The molecule has 114 valence electrons. The molecule has 1 aromatic carbocycles. The van der Waals surface area contributed by atoms with Gasteiger partial charge in [0.05, 0.1) is 16.7 Å². The maximum Gasteiger partial charge on any atom is 0.349 e. The van der Waals surface area contributed by atoms with Gasteiger partial charge in [-0.3, -0.25) is 0 Å². The Kier molecular flexibility index (Phi) is 3.56. The molecule has 0 aromatic heterocycles. The number of benzene rings is 1. The van der Waals surface area contributed by atoms with Gasteiger partial charge in [-0.15, -0.1) is 0 Å². The molecule has 0 amide bonds. The normalized spacial score (nSPS) is 16.0. The highest BCUT2D eigenvalue weighted by Gasteiger charge is 2.34. The van der Waals surface area contributed by atoms with Gasteiger partial charge < -0.3 is 25.2 Å². The second-order valence-electron chi connectivity index (χ2n) is 4.29. The van der Waals surface area contributed by atoms with Gasteiger partial charge in [0.1, 0.15) is 5.75 Å². The molecular formula is C13H8O9. The SMILES string of the molecule is O=C(O)C1=Cc2cc(C(=O)O)c(C(=O)O)cc2OC1C(=O)O. The molecule has 1 atom stereocenters. The number of carboxylic acid groups (broad SMARTS) is 4. The zero-order valence-corrected chi connectivity index (χ0v) is 10.6. The van der Waals surface area contributed by atoms with Gasteiger partial charge in [-0.1, -0.05) is 0 Å². The average Bonchev–Trinajstić information content (AvgIpc) is 2.43. The van der Waals surface area contributed by atoms with Crippen LogP contribution in [0, 0.1) is 0 Å². The third-order valence-corrected chi connectivity index (χ3v) is 2.92. The summed E-state index contributed by atoms with van der Waals surface area (Å²) in [5.41, 5.74) is -1.79. The molecule has 0 saturated carbocycles. The van der Waals surface area contributed by atoms with Crippen LogP contribution in [0.1, 0.15) is 26.3 Å². The van der Waals surface area contributed by atoms with Crippen molar-refractivity contribution in [2.45, 2.75) is 6.10 Å². The van der Waals surface area contributed by atoms with Crippen molar-refractivity contribution in [3.63, 3.8) is 0 Å². The van der Waals surface area contributed by atoms with Crippen molar-refractivity contribution >= 4 is 30.0 Å². The summed E-state index contributed by atoms with van der Waals surface area (Å²) >= 11 is 0. The minimum absolute atomic E-state index is 0.0303. The van der Waals surface area contributed by atoms with Gasteiger partial charge >= 0.3 is 23.9 Å². The van der Waals surface area contributed by atoms with Gasteiger partial charge in [-0.05, 0) is 18.2 Å². The fraction of sp³-hybridized carbons (Fsp3) is 0.0769. The molecule has 1 heterocycles. The molecule has 0 spiro atoms. The second-order valence-corrected chi connectivity index (χ2v) is 4.29. The monoisotopic (exact) mass is 308 g/mol. The maximum absolute atomic E-state index is 11.1. The first-order valence-corrected chi connectivity index (χ1v) is 5.71. The summed E-state index contributed by atoms with van der Waals surface area (Å²) in [5.74, 6) is -6.40. The maximum atomic E-state index is 11.1. The molecule has 1 aliphatic rings. The summed E-state index contributed by atoms with van der Waals surface area (Å²) < 4.78 is 4.99. The van der Waals surface area contributed by atoms with E-state index in [4.69, 9.17) is 25.2 Å². The van der Waals surface area contributed by atoms with Crippen molar-refractivity contribution in [1.29, 1.82) is 0 Å². The largest absolute Gasteiger partial charge is 0.478 e. The Bertz CT molecular complexity index is 744. The Hall–Kier alpha value is -3.36. The van der Waals surface area contributed by atoms with Gasteiger partial charge in [0, 0.05) is 5.56 Å². The van der Waals surface area contributed by atoms with Crippen molar-refractivity contribution < 1.29 is 44.3 Å². The summed E-state index contributed by atoms with van der Waals surface area (Å²) in [6.07, 6.45) is -0.875. The number of aliphatic carboxylic acids is 2. The van der Waals surface area contributed by atoms with E-state index < -0.39 is 46.7 Å². The highest BCUT2D eigenvalue weighted by Crippen LogP contribution is 2.33. The molecule has 22 heavy (non-hydrogen) atoms. The van der Waals surface area contributed by atoms with E-state index in [9.17, 15) is 19.2 Å². The molecule has 0 aliphatic carbocycles. The number of rotatable bonds is 4. The van der Waals surface area contributed by atoms with Crippen LogP contribution in [0.2, 0.25) is 0 Å². The Morgan fingerprint density at radius 2 is 1.41 bits per heavy atom. The molecule has 0 bridgehead atoms. The lowest BCUT2D eigenvalue weighted by Crippen LogP contribution is -2.34. The van der Waals surface area contributed by atoms with Gasteiger partial charge in [-0.2, -0.15) is 0 Å². The quantitative estimate of drug-likeness (QED) is 0.617. The Labute approximate surface area is 121 Å². The van der Waals surface area contributed by atoms with Crippen LogP contribution < -0.4 is 4.74 Å². The minimum atomic E-state index is -1.82. The Morgan fingerprint density at radius 3 is 1.86 bits per heavy atom. The number of aromatic carboxylic acids is 2. The predicted molar refractivity (Wildman–Crippen MR) is 68.0 cm³/mol. The van der Waals surface area contributed by atoms with E-state index in [0.29, 0.717) is 0 Å². The van der Waals surface area contributed by atoms with E-state index in [-0.39, 0.29) is 11.3 Å². The minimum Gasteiger partial charge on any atom is -0.478 e. The van der Waals surface area contributed by atoms with E-state index in [2.05, 4.69) is 0 Å². The molecule has 1 aliphatic heterocycles. The number of ether oxygens (including phenoxy) is 1. The van der Waals surface area contributed by atoms with Crippen molar-refractivity contribution in [1.82, 2.24) is 0 Å². The number of hydrogen-bond donors (Lipinski definition) is 4. The zero-order valence-electron chi connectivity index (χ0n) is 10.6. The standard InChI is InChI=1S/C13H8O9/c14-10(15)5-1-4-2-7(12(18)19)9(13(20)21)22-8(4)3-6(5)11(16)17/h1-3,9H,(H,14,15)(H,16,17)(H,18,19)(H,20,21). The molecular weight excluding hydrogens is 300 g/mol. The molecule has 1 aromatic rings. The number of carboxylic acids is 4. The Morgan fingerprint density at radius 1 is 0.864 bits per heavy atom. The molecule has 1 unspecified atom stereocenters. The molecule has 0 radical (unpaired) electrons. The van der Waals surface area contributed by atoms with E-state index in [1.165, 1.54) is 0 Å². The van der Waals surface area contributed by atoms with Crippen molar-refractivity contribution in [2.24, 2.45) is 0 Å². The average molecular weight is 308 g/mol. The lowest BCUT2D eigenvalue weighted by molar-refractivity contribution is -0.146. The highest BCUT2D eigenvalue weighted by atomic mass is 16.5. The first-order chi connectivity index (χ1) is 10.2. The van der Waals surface area contributed by atoms with Crippen LogP contribution in [0.15, 0.2) is 17.7 Å². The number of carbonyl (C=O) groups is 4. The lowest BCUT2D eigenvalue weighted by Gasteiger charge is -2.23.